The molecule has 1 aromatic heterocycles. The Morgan fingerprint density at radius 2 is 2.11 bits per heavy atom. The Labute approximate surface area is 168 Å². The number of carbonyl (C=O) groups excluding carboxylic acids is 1. The fraction of sp³-hybridized carbons (Fsp3) is 0.158. The molecule has 0 fully saturated rings. The summed E-state index contributed by atoms with van der Waals surface area (Å²) in [7, 11) is 0. The summed E-state index contributed by atoms with van der Waals surface area (Å²) in [5.41, 5.74) is 2.82. The number of hydrogen-bond acceptors (Lipinski definition) is 5. The fourth-order valence-electron chi connectivity index (χ4n) is 2.76. The molecule has 2 heterocycles. The van der Waals surface area contributed by atoms with Crippen LogP contribution in [0.1, 0.15) is 5.56 Å². The molecule has 0 saturated carbocycles. The first-order valence-electron chi connectivity index (χ1n) is 8.22. The number of aromatic nitrogens is 2. The third-order valence-corrected chi connectivity index (χ3v) is 5.75. The van der Waals surface area contributed by atoms with E-state index in [1.165, 1.54) is 11.8 Å². The lowest BCUT2D eigenvalue weighted by atomic mass is 10.1. The largest absolute Gasteiger partial charge is 0.454 e. The maximum absolute atomic E-state index is 12.4. The van der Waals surface area contributed by atoms with Crippen LogP contribution in [0, 0.1) is 6.92 Å². The number of amides is 1. The third-order valence-electron chi connectivity index (χ3n) is 4.08. The van der Waals surface area contributed by atoms with Gasteiger partial charge in [0.25, 0.3) is 0 Å². The van der Waals surface area contributed by atoms with E-state index in [0.717, 1.165) is 26.1 Å². The number of hydrogen-bond donors (Lipinski definition) is 2. The van der Waals surface area contributed by atoms with Crippen LogP contribution in [0.3, 0.4) is 0 Å². The second-order valence-corrected chi connectivity index (χ2v) is 7.91. The van der Waals surface area contributed by atoms with Gasteiger partial charge in [-0.15, -0.1) is 11.8 Å². The minimum absolute atomic E-state index is 0.103. The van der Waals surface area contributed by atoms with E-state index in [9.17, 15) is 4.79 Å². The van der Waals surface area contributed by atoms with Crippen molar-refractivity contribution in [3.8, 4) is 22.6 Å². The zero-order valence-electron chi connectivity index (χ0n) is 14.4. The van der Waals surface area contributed by atoms with Crippen molar-refractivity contribution in [2.24, 2.45) is 0 Å². The van der Waals surface area contributed by atoms with Gasteiger partial charge in [0.05, 0.1) is 11.9 Å². The Balaban J connectivity index is 1.44. The molecule has 1 aliphatic heterocycles. The highest BCUT2D eigenvalue weighted by molar-refractivity contribution is 9.10. The number of benzene rings is 2. The molecule has 138 valence electrons. The third kappa shape index (κ3) is 3.96. The van der Waals surface area contributed by atoms with Crippen molar-refractivity contribution in [1.29, 1.82) is 0 Å². The van der Waals surface area contributed by atoms with Gasteiger partial charge in [0.1, 0.15) is 5.82 Å². The predicted molar refractivity (Wildman–Crippen MR) is 108 cm³/mol. The van der Waals surface area contributed by atoms with Crippen molar-refractivity contribution in [1.82, 2.24) is 10.2 Å². The first-order valence-corrected chi connectivity index (χ1v) is 10.0. The zero-order valence-corrected chi connectivity index (χ0v) is 16.8. The van der Waals surface area contributed by atoms with E-state index in [0.29, 0.717) is 23.1 Å². The standard InChI is InChI=1S/C19H16BrN3O3S/c1-11-6-13(20)3-5-17(11)27-9-18(24)22-19-14(8-21-23-19)12-2-4-15-16(7-12)26-10-25-15/h2-8H,9-10H2,1H3,(H2,21,22,23,24). The summed E-state index contributed by atoms with van der Waals surface area (Å²) in [5, 5.41) is 9.81. The average molecular weight is 446 g/mol. The molecule has 2 aromatic carbocycles. The monoisotopic (exact) mass is 445 g/mol. The van der Waals surface area contributed by atoms with E-state index in [1.54, 1.807) is 6.20 Å². The van der Waals surface area contributed by atoms with Gasteiger partial charge in [0.15, 0.2) is 11.5 Å². The van der Waals surface area contributed by atoms with Crippen LogP contribution in [0.2, 0.25) is 0 Å². The van der Waals surface area contributed by atoms with Gasteiger partial charge in [-0.2, -0.15) is 5.10 Å². The van der Waals surface area contributed by atoms with Gasteiger partial charge in [-0.05, 0) is 48.4 Å². The van der Waals surface area contributed by atoms with Crippen LogP contribution in [-0.2, 0) is 4.79 Å². The number of nitrogens with one attached hydrogen (secondary N) is 2. The molecule has 1 amide bonds. The molecule has 0 spiro atoms. The van der Waals surface area contributed by atoms with Crippen LogP contribution in [0.5, 0.6) is 11.5 Å². The summed E-state index contributed by atoms with van der Waals surface area (Å²) < 4.78 is 11.8. The van der Waals surface area contributed by atoms with E-state index < -0.39 is 0 Å². The maximum atomic E-state index is 12.4. The molecular weight excluding hydrogens is 430 g/mol. The molecular formula is C19H16BrN3O3S. The van der Waals surface area contributed by atoms with Crippen molar-refractivity contribution in [3.63, 3.8) is 0 Å². The van der Waals surface area contributed by atoms with Gasteiger partial charge in [-0.1, -0.05) is 22.0 Å². The van der Waals surface area contributed by atoms with Gasteiger partial charge in [-0.25, -0.2) is 0 Å². The minimum atomic E-state index is -0.103. The molecule has 1 aliphatic rings. The maximum Gasteiger partial charge on any atom is 0.235 e. The van der Waals surface area contributed by atoms with E-state index in [-0.39, 0.29) is 12.7 Å². The van der Waals surface area contributed by atoms with Crippen LogP contribution in [0.15, 0.2) is 52.0 Å². The van der Waals surface area contributed by atoms with Gasteiger partial charge in [0.2, 0.25) is 12.7 Å². The van der Waals surface area contributed by atoms with Crippen LogP contribution >= 0.6 is 27.7 Å². The topological polar surface area (TPSA) is 76.2 Å². The second-order valence-electron chi connectivity index (χ2n) is 5.97. The molecule has 0 bridgehead atoms. The Morgan fingerprint density at radius 3 is 2.96 bits per heavy atom. The lowest BCUT2D eigenvalue weighted by Crippen LogP contribution is -2.15. The summed E-state index contributed by atoms with van der Waals surface area (Å²) in [6, 6.07) is 11.7. The zero-order chi connectivity index (χ0) is 18.8. The minimum Gasteiger partial charge on any atom is -0.454 e. The number of nitrogens with zero attached hydrogens (tertiary/aromatic N) is 1. The number of fused-ring (bicyclic) bond motifs is 1. The highest BCUT2D eigenvalue weighted by Gasteiger charge is 2.17. The van der Waals surface area contributed by atoms with Gasteiger partial charge in [0, 0.05) is 14.9 Å². The van der Waals surface area contributed by atoms with Gasteiger partial charge >= 0.3 is 0 Å². The number of H-pyrrole nitrogens is 1. The summed E-state index contributed by atoms with van der Waals surface area (Å²) in [5.74, 6) is 2.17. The number of aryl methyl sites for hydroxylation is 1. The van der Waals surface area contributed by atoms with Crippen molar-refractivity contribution in [3.05, 3.63) is 52.6 Å². The molecule has 6 nitrogen and oxygen atoms in total. The summed E-state index contributed by atoms with van der Waals surface area (Å²) in [4.78, 5) is 13.5. The number of ether oxygens (including phenoxy) is 2. The molecule has 0 atom stereocenters. The van der Waals surface area contributed by atoms with Crippen LogP contribution in [-0.4, -0.2) is 28.7 Å². The summed E-state index contributed by atoms with van der Waals surface area (Å²) in [6.45, 7) is 2.25. The molecule has 3 aromatic rings. The predicted octanol–water partition coefficient (Wildman–Crippen LogP) is 4.61. The SMILES string of the molecule is Cc1cc(Br)ccc1SCC(=O)Nc1[nH]ncc1-c1ccc2c(c1)OCO2. The van der Waals surface area contributed by atoms with E-state index in [2.05, 4.69) is 31.4 Å². The van der Waals surface area contributed by atoms with Crippen LogP contribution in [0.4, 0.5) is 5.82 Å². The quantitative estimate of drug-likeness (QED) is 0.560. The van der Waals surface area contributed by atoms with Crippen molar-refractivity contribution < 1.29 is 14.3 Å². The van der Waals surface area contributed by atoms with Crippen LogP contribution in [0.25, 0.3) is 11.1 Å². The van der Waals surface area contributed by atoms with Crippen molar-refractivity contribution in [2.45, 2.75) is 11.8 Å². The molecule has 0 unspecified atom stereocenters. The number of thioether (sulfide) groups is 1. The fourth-order valence-corrected chi connectivity index (χ4v) is 4.04. The number of aromatic amines is 1. The Morgan fingerprint density at radius 1 is 1.26 bits per heavy atom. The number of rotatable bonds is 5. The van der Waals surface area contributed by atoms with Crippen LogP contribution < -0.4 is 14.8 Å². The summed E-state index contributed by atoms with van der Waals surface area (Å²) in [6.07, 6.45) is 1.68. The normalized spacial score (nSPS) is 12.2. The average Bonchev–Trinajstić information content (AvgIpc) is 3.29. The molecule has 27 heavy (non-hydrogen) atoms. The Bertz CT molecular complexity index is 1010. The lowest BCUT2D eigenvalue weighted by molar-refractivity contribution is -0.113. The highest BCUT2D eigenvalue weighted by atomic mass is 79.9. The smallest absolute Gasteiger partial charge is 0.235 e. The first kappa shape index (κ1) is 17.9. The number of halogens is 1. The Hall–Kier alpha value is -2.45. The van der Waals surface area contributed by atoms with Gasteiger partial charge < -0.3 is 14.8 Å². The molecule has 8 heteroatoms. The first-order chi connectivity index (χ1) is 13.1. The van der Waals surface area contributed by atoms with E-state index >= 15 is 0 Å². The molecule has 2 N–H and O–H groups in total. The van der Waals surface area contributed by atoms with Gasteiger partial charge in [-0.3, -0.25) is 9.89 Å². The molecule has 0 saturated heterocycles. The second kappa shape index (κ2) is 7.66. The van der Waals surface area contributed by atoms with E-state index in [1.807, 2.05) is 43.3 Å². The number of carbonyl (C=O) groups is 1. The lowest BCUT2D eigenvalue weighted by Gasteiger charge is -2.08. The molecule has 0 radical (unpaired) electrons. The molecule has 0 aliphatic carbocycles. The summed E-state index contributed by atoms with van der Waals surface area (Å²) >= 11 is 4.95. The van der Waals surface area contributed by atoms with E-state index in [4.69, 9.17) is 9.47 Å². The molecule has 4 rings (SSSR count). The van der Waals surface area contributed by atoms with Crippen molar-refractivity contribution >= 4 is 39.4 Å². The highest BCUT2D eigenvalue weighted by Crippen LogP contribution is 2.37. The number of anilines is 1. The van der Waals surface area contributed by atoms with Crippen molar-refractivity contribution in [2.75, 3.05) is 17.9 Å². The Kier molecular flexibility index (Phi) is 5.09.